The topological polar surface area (TPSA) is 69.6 Å². The highest BCUT2D eigenvalue weighted by Crippen LogP contribution is 2.30. The third-order valence-corrected chi connectivity index (χ3v) is 4.20. The van der Waals surface area contributed by atoms with Gasteiger partial charge in [-0.3, -0.25) is 9.59 Å². The first kappa shape index (κ1) is 20.4. The number of amides is 2. The van der Waals surface area contributed by atoms with Crippen LogP contribution in [-0.2, 0) is 9.59 Å². The summed E-state index contributed by atoms with van der Waals surface area (Å²) < 4.78 is 0. The molecule has 0 fully saturated rings. The fourth-order valence-electron chi connectivity index (χ4n) is 2.47. The van der Waals surface area contributed by atoms with Gasteiger partial charge in [0.15, 0.2) is 0 Å². The molecule has 5 heteroatoms. The molecule has 0 aromatic heterocycles. The number of aliphatic hydroxyl groups excluding tert-OH is 1. The summed E-state index contributed by atoms with van der Waals surface area (Å²) in [5.74, 6) is -0.438. The quantitative estimate of drug-likeness (QED) is 0.789. The molecule has 0 aliphatic carbocycles. The van der Waals surface area contributed by atoms with Crippen molar-refractivity contribution in [3.8, 4) is 0 Å². The number of carbonyl (C=O) groups excluding carboxylic acids is 2. The van der Waals surface area contributed by atoms with E-state index in [1.807, 2.05) is 51.1 Å². The number of nitrogens with one attached hydrogen (secondary N) is 1. The normalized spacial score (nSPS) is 12.2. The Hall–Kier alpha value is -2.92. The van der Waals surface area contributed by atoms with E-state index >= 15 is 0 Å². The number of hydrogen-bond donors (Lipinski definition) is 2. The predicted molar refractivity (Wildman–Crippen MR) is 109 cm³/mol. The lowest BCUT2D eigenvalue weighted by molar-refractivity contribution is -0.123. The van der Waals surface area contributed by atoms with Crippen molar-refractivity contribution in [3.05, 3.63) is 72.3 Å². The van der Waals surface area contributed by atoms with Gasteiger partial charge >= 0.3 is 0 Å². The molecule has 0 saturated carbocycles. The summed E-state index contributed by atoms with van der Waals surface area (Å²) in [6, 6.07) is 14.4. The third kappa shape index (κ3) is 5.05. The third-order valence-electron chi connectivity index (χ3n) is 4.20. The van der Waals surface area contributed by atoms with Crippen LogP contribution in [0.25, 0.3) is 0 Å². The van der Waals surface area contributed by atoms with Crippen molar-refractivity contribution in [3.63, 3.8) is 0 Å². The molecule has 5 nitrogen and oxygen atoms in total. The minimum Gasteiger partial charge on any atom is -0.384 e. The zero-order valence-electron chi connectivity index (χ0n) is 16.2. The summed E-state index contributed by atoms with van der Waals surface area (Å²) in [4.78, 5) is 25.8. The number of carbonyl (C=O) groups is 2. The SMILES string of the molecule is C=CC(=O)N(C)c1cc(NC(=O)C(C)(C)C)cc(C(O)c2ccccc2)c1. The summed E-state index contributed by atoms with van der Waals surface area (Å²) in [6.07, 6.45) is 0.330. The fraction of sp³-hybridized carbons (Fsp3) is 0.273. The summed E-state index contributed by atoms with van der Waals surface area (Å²) in [6.45, 7) is 8.96. The maximum absolute atomic E-state index is 12.4. The van der Waals surface area contributed by atoms with Gasteiger partial charge in [0, 0.05) is 23.8 Å². The summed E-state index contributed by atoms with van der Waals surface area (Å²) in [7, 11) is 1.62. The van der Waals surface area contributed by atoms with Crippen molar-refractivity contribution >= 4 is 23.2 Å². The molecular weight excluding hydrogens is 340 g/mol. The number of nitrogens with zero attached hydrogens (tertiary/aromatic N) is 1. The molecule has 142 valence electrons. The zero-order valence-corrected chi connectivity index (χ0v) is 16.2. The molecule has 0 radical (unpaired) electrons. The van der Waals surface area contributed by atoms with Crippen LogP contribution in [0.1, 0.15) is 38.0 Å². The van der Waals surface area contributed by atoms with Crippen LogP contribution < -0.4 is 10.2 Å². The summed E-state index contributed by atoms with van der Waals surface area (Å²) in [5, 5.41) is 13.6. The molecule has 2 amide bonds. The van der Waals surface area contributed by atoms with Crippen LogP contribution in [0.4, 0.5) is 11.4 Å². The van der Waals surface area contributed by atoms with Gasteiger partial charge in [-0.05, 0) is 35.4 Å². The van der Waals surface area contributed by atoms with E-state index in [0.29, 0.717) is 16.9 Å². The smallest absolute Gasteiger partial charge is 0.250 e. The number of aliphatic hydroxyl groups is 1. The van der Waals surface area contributed by atoms with Gasteiger partial charge in [0.05, 0.1) is 0 Å². The van der Waals surface area contributed by atoms with E-state index in [1.54, 1.807) is 25.2 Å². The van der Waals surface area contributed by atoms with E-state index in [4.69, 9.17) is 0 Å². The van der Waals surface area contributed by atoms with Crippen LogP contribution in [0.3, 0.4) is 0 Å². The monoisotopic (exact) mass is 366 g/mol. The highest BCUT2D eigenvalue weighted by atomic mass is 16.3. The molecule has 2 aromatic carbocycles. The molecule has 2 N–H and O–H groups in total. The number of anilines is 2. The van der Waals surface area contributed by atoms with E-state index in [-0.39, 0.29) is 11.8 Å². The largest absolute Gasteiger partial charge is 0.384 e. The molecule has 0 aliphatic rings. The van der Waals surface area contributed by atoms with Gasteiger partial charge in [0.25, 0.3) is 0 Å². The Bertz CT molecular complexity index is 838. The molecule has 27 heavy (non-hydrogen) atoms. The Morgan fingerprint density at radius 3 is 2.30 bits per heavy atom. The molecule has 0 heterocycles. The first-order chi connectivity index (χ1) is 12.6. The second-order valence-electron chi connectivity index (χ2n) is 7.43. The second kappa shape index (κ2) is 8.18. The van der Waals surface area contributed by atoms with Crippen LogP contribution in [-0.4, -0.2) is 24.0 Å². The lowest BCUT2D eigenvalue weighted by Gasteiger charge is -2.22. The van der Waals surface area contributed by atoms with Gasteiger partial charge < -0.3 is 15.3 Å². The highest BCUT2D eigenvalue weighted by molar-refractivity contribution is 6.01. The fourth-order valence-corrected chi connectivity index (χ4v) is 2.47. The molecule has 1 atom stereocenters. The average molecular weight is 366 g/mol. The molecule has 2 aromatic rings. The number of hydrogen-bond acceptors (Lipinski definition) is 3. The van der Waals surface area contributed by atoms with E-state index in [0.717, 1.165) is 5.56 Å². The van der Waals surface area contributed by atoms with Gasteiger partial charge in [0.2, 0.25) is 11.8 Å². The second-order valence-corrected chi connectivity index (χ2v) is 7.43. The summed E-state index contributed by atoms with van der Waals surface area (Å²) in [5.41, 5.74) is 1.79. The number of benzene rings is 2. The van der Waals surface area contributed by atoms with Crippen LogP contribution in [0.15, 0.2) is 61.2 Å². The minimum absolute atomic E-state index is 0.155. The number of likely N-dealkylation sites (N-methyl/N-ethyl adjacent to an activating group) is 1. The van der Waals surface area contributed by atoms with Crippen molar-refractivity contribution in [2.24, 2.45) is 5.41 Å². The van der Waals surface area contributed by atoms with Crippen molar-refractivity contribution in [1.29, 1.82) is 0 Å². The van der Waals surface area contributed by atoms with Gasteiger partial charge in [-0.15, -0.1) is 0 Å². The highest BCUT2D eigenvalue weighted by Gasteiger charge is 2.22. The first-order valence-electron chi connectivity index (χ1n) is 8.73. The number of rotatable bonds is 5. The van der Waals surface area contributed by atoms with E-state index < -0.39 is 11.5 Å². The zero-order chi connectivity index (χ0) is 20.2. The Balaban J connectivity index is 2.49. The lowest BCUT2D eigenvalue weighted by atomic mass is 9.95. The molecule has 2 rings (SSSR count). The Morgan fingerprint density at radius 1 is 1.11 bits per heavy atom. The standard InChI is InChI=1S/C22H26N2O3/c1-6-19(25)24(5)18-13-16(20(26)15-10-8-7-9-11-15)12-17(14-18)23-21(27)22(2,3)4/h6-14,20,26H,1H2,2-5H3,(H,23,27). The van der Waals surface area contributed by atoms with Gasteiger partial charge in [-0.2, -0.15) is 0 Å². The Labute approximate surface area is 160 Å². The summed E-state index contributed by atoms with van der Waals surface area (Å²) >= 11 is 0. The van der Waals surface area contributed by atoms with Gasteiger partial charge in [-0.25, -0.2) is 0 Å². The average Bonchev–Trinajstić information content (AvgIpc) is 2.65. The van der Waals surface area contributed by atoms with Crippen LogP contribution >= 0.6 is 0 Å². The molecule has 0 aliphatic heterocycles. The molecule has 0 saturated heterocycles. The van der Waals surface area contributed by atoms with Crippen molar-refractivity contribution in [1.82, 2.24) is 0 Å². The van der Waals surface area contributed by atoms with E-state index in [1.165, 1.54) is 11.0 Å². The van der Waals surface area contributed by atoms with Gasteiger partial charge in [0.1, 0.15) is 6.10 Å². The predicted octanol–water partition coefficient (Wildman–Crippen LogP) is 3.90. The van der Waals surface area contributed by atoms with Crippen LogP contribution in [0, 0.1) is 5.41 Å². The molecule has 0 spiro atoms. The molecule has 1 unspecified atom stereocenters. The van der Waals surface area contributed by atoms with Crippen LogP contribution in [0.2, 0.25) is 0 Å². The lowest BCUT2D eigenvalue weighted by Crippen LogP contribution is -2.28. The maximum atomic E-state index is 12.4. The van der Waals surface area contributed by atoms with Crippen molar-refractivity contribution in [2.45, 2.75) is 26.9 Å². The minimum atomic E-state index is -0.885. The van der Waals surface area contributed by atoms with Crippen LogP contribution in [0.5, 0.6) is 0 Å². The first-order valence-corrected chi connectivity index (χ1v) is 8.73. The van der Waals surface area contributed by atoms with E-state index in [9.17, 15) is 14.7 Å². The Morgan fingerprint density at radius 2 is 1.74 bits per heavy atom. The maximum Gasteiger partial charge on any atom is 0.250 e. The van der Waals surface area contributed by atoms with Gasteiger partial charge in [-0.1, -0.05) is 57.7 Å². The van der Waals surface area contributed by atoms with Crippen molar-refractivity contribution in [2.75, 3.05) is 17.3 Å². The molecule has 0 bridgehead atoms. The van der Waals surface area contributed by atoms with Crippen molar-refractivity contribution < 1.29 is 14.7 Å². The Kier molecular flexibility index (Phi) is 6.18. The molecular formula is C22H26N2O3. The van der Waals surface area contributed by atoms with E-state index in [2.05, 4.69) is 11.9 Å².